The maximum absolute atomic E-state index is 13.6. The number of benzene rings is 1. The molecule has 2 atom stereocenters. The number of carbonyl (C=O) groups excluding carboxylic acids is 1. The molecule has 1 rings (SSSR count). The van der Waals surface area contributed by atoms with Crippen molar-refractivity contribution in [1.82, 2.24) is 5.32 Å². The second kappa shape index (κ2) is 7.02. The lowest BCUT2D eigenvalue weighted by Gasteiger charge is -2.22. The minimum absolute atomic E-state index is 0.141. The minimum atomic E-state index is -1.60. The summed E-state index contributed by atoms with van der Waals surface area (Å²) in [5.41, 5.74) is -0.798. The van der Waals surface area contributed by atoms with Crippen LogP contribution in [0.2, 0.25) is 0 Å². The van der Waals surface area contributed by atoms with E-state index in [1.807, 2.05) is 0 Å². The van der Waals surface area contributed by atoms with E-state index < -0.39 is 35.5 Å². The average molecular weight is 317 g/mol. The molecule has 0 aliphatic carbocycles. The van der Waals surface area contributed by atoms with Crippen molar-refractivity contribution in [2.45, 2.75) is 45.5 Å². The van der Waals surface area contributed by atoms with E-state index >= 15 is 0 Å². The summed E-state index contributed by atoms with van der Waals surface area (Å²) in [6.07, 6.45) is -3.84. The predicted molar refractivity (Wildman–Crippen MR) is 76.3 cm³/mol. The van der Waals surface area contributed by atoms with Gasteiger partial charge in [-0.15, -0.1) is 0 Å². The van der Waals surface area contributed by atoms with Crippen LogP contribution in [0.3, 0.4) is 0 Å². The quantitative estimate of drug-likeness (QED) is 0.795. The van der Waals surface area contributed by atoms with Crippen LogP contribution >= 0.6 is 0 Å². The molecule has 1 aromatic carbocycles. The van der Waals surface area contributed by atoms with E-state index in [0.29, 0.717) is 6.07 Å². The first-order valence-electron chi connectivity index (χ1n) is 6.80. The Morgan fingerprint density at radius 1 is 1.27 bits per heavy atom. The predicted octanol–water partition coefficient (Wildman–Crippen LogP) is 2.19. The average Bonchev–Trinajstić information content (AvgIpc) is 2.37. The number of nitrogens with one attached hydrogen (secondary N) is 1. The number of hydrogen-bond donors (Lipinski definition) is 3. The van der Waals surface area contributed by atoms with E-state index in [1.54, 1.807) is 20.8 Å². The van der Waals surface area contributed by atoms with Crippen LogP contribution in [0, 0.1) is 18.6 Å². The zero-order valence-electron chi connectivity index (χ0n) is 13.0. The van der Waals surface area contributed by atoms with Crippen molar-refractivity contribution in [3.8, 4) is 0 Å². The van der Waals surface area contributed by atoms with E-state index in [9.17, 15) is 23.8 Å². The first kappa shape index (κ1) is 18.3. The highest BCUT2D eigenvalue weighted by atomic mass is 19.1. The number of ether oxygens (including phenoxy) is 1. The monoisotopic (exact) mass is 317 g/mol. The Hall–Kier alpha value is -1.73. The highest BCUT2D eigenvalue weighted by molar-refractivity contribution is 5.67. The van der Waals surface area contributed by atoms with Gasteiger partial charge in [0.1, 0.15) is 29.4 Å². The van der Waals surface area contributed by atoms with Crippen molar-refractivity contribution in [2.24, 2.45) is 0 Å². The molecule has 5 nitrogen and oxygen atoms in total. The number of aliphatic hydroxyl groups excluding tert-OH is 2. The maximum Gasteiger partial charge on any atom is 0.407 e. The molecule has 0 aliphatic heterocycles. The summed E-state index contributed by atoms with van der Waals surface area (Å²) >= 11 is 0. The first-order chi connectivity index (χ1) is 10.0. The lowest BCUT2D eigenvalue weighted by atomic mass is 10.0. The maximum atomic E-state index is 13.6. The molecule has 0 saturated carbocycles. The van der Waals surface area contributed by atoms with Gasteiger partial charge in [0.15, 0.2) is 0 Å². The van der Waals surface area contributed by atoms with Crippen LogP contribution in [0.25, 0.3) is 0 Å². The van der Waals surface area contributed by atoms with E-state index in [4.69, 9.17) is 4.74 Å². The van der Waals surface area contributed by atoms with Gasteiger partial charge in [-0.3, -0.25) is 0 Å². The van der Waals surface area contributed by atoms with Gasteiger partial charge in [0.25, 0.3) is 0 Å². The number of halogens is 2. The summed E-state index contributed by atoms with van der Waals surface area (Å²) in [6.45, 7) is 6.10. The SMILES string of the molecule is Cc1cc(C(O)C(O)CNC(=O)OC(C)(C)C)c(F)cc1F. The van der Waals surface area contributed by atoms with Crippen LogP contribution in [0.4, 0.5) is 13.6 Å². The molecule has 22 heavy (non-hydrogen) atoms. The Morgan fingerprint density at radius 3 is 2.41 bits per heavy atom. The molecule has 0 saturated heterocycles. The number of rotatable bonds is 4. The minimum Gasteiger partial charge on any atom is -0.444 e. The molecule has 0 radical (unpaired) electrons. The number of aryl methyl sites for hydroxylation is 1. The third kappa shape index (κ3) is 5.23. The van der Waals surface area contributed by atoms with Crippen molar-refractivity contribution >= 4 is 6.09 Å². The Kier molecular flexibility index (Phi) is 5.85. The van der Waals surface area contributed by atoms with Crippen LogP contribution < -0.4 is 5.32 Å². The molecule has 0 bridgehead atoms. The number of hydrogen-bond acceptors (Lipinski definition) is 4. The van der Waals surface area contributed by atoms with E-state index in [0.717, 1.165) is 6.07 Å². The highest BCUT2D eigenvalue weighted by Gasteiger charge is 2.24. The topological polar surface area (TPSA) is 78.8 Å². The van der Waals surface area contributed by atoms with Gasteiger partial charge in [-0.25, -0.2) is 13.6 Å². The molecule has 1 aromatic rings. The summed E-state index contributed by atoms with van der Waals surface area (Å²) < 4.78 is 31.8. The molecule has 1 amide bonds. The van der Waals surface area contributed by atoms with Gasteiger partial charge in [-0.1, -0.05) is 0 Å². The van der Waals surface area contributed by atoms with E-state index in [1.165, 1.54) is 6.92 Å². The molecule has 0 spiro atoms. The molecular formula is C15H21F2NO4. The summed E-state index contributed by atoms with van der Waals surface area (Å²) in [5.74, 6) is -1.71. The Balaban J connectivity index is 2.68. The van der Waals surface area contributed by atoms with Crippen LogP contribution in [-0.2, 0) is 4.74 Å². The number of aliphatic hydroxyl groups is 2. The van der Waals surface area contributed by atoms with Gasteiger partial charge >= 0.3 is 6.09 Å². The Labute approximate surface area is 127 Å². The largest absolute Gasteiger partial charge is 0.444 e. The van der Waals surface area contributed by atoms with Gasteiger partial charge in [0.05, 0.1) is 0 Å². The van der Waals surface area contributed by atoms with Crippen LogP contribution in [0.5, 0.6) is 0 Å². The summed E-state index contributed by atoms with van der Waals surface area (Å²) in [4.78, 5) is 11.4. The fourth-order valence-corrected chi connectivity index (χ4v) is 1.73. The Bertz CT molecular complexity index is 543. The van der Waals surface area contributed by atoms with E-state index in [-0.39, 0.29) is 17.7 Å². The molecule has 0 aromatic heterocycles. The second-order valence-electron chi connectivity index (χ2n) is 6.02. The lowest BCUT2D eigenvalue weighted by Crippen LogP contribution is -2.39. The van der Waals surface area contributed by atoms with Gasteiger partial charge in [0.2, 0.25) is 0 Å². The van der Waals surface area contributed by atoms with Gasteiger partial charge in [-0.2, -0.15) is 0 Å². The molecular weight excluding hydrogens is 296 g/mol. The van der Waals surface area contributed by atoms with Gasteiger partial charge in [-0.05, 0) is 39.3 Å². The van der Waals surface area contributed by atoms with Crippen LogP contribution in [0.15, 0.2) is 12.1 Å². The third-order valence-corrected chi connectivity index (χ3v) is 2.82. The molecule has 2 unspecified atom stereocenters. The smallest absolute Gasteiger partial charge is 0.407 e. The normalized spacial score (nSPS) is 14.4. The third-order valence-electron chi connectivity index (χ3n) is 2.82. The van der Waals surface area contributed by atoms with Crippen molar-refractivity contribution in [3.05, 3.63) is 34.9 Å². The standard InChI is InChI=1S/C15H21F2NO4/c1-8-5-9(11(17)6-10(8)16)13(20)12(19)7-18-14(21)22-15(2,3)4/h5-6,12-13,19-20H,7H2,1-4H3,(H,18,21). The molecule has 7 heteroatoms. The first-order valence-corrected chi connectivity index (χ1v) is 6.80. The van der Waals surface area contributed by atoms with Crippen molar-refractivity contribution in [1.29, 1.82) is 0 Å². The van der Waals surface area contributed by atoms with Crippen molar-refractivity contribution < 1.29 is 28.5 Å². The molecule has 0 heterocycles. The van der Waals surface area contributed by atoms with Crippen molar-refractivity contribution in [3.63, 3.8) is 0 Å². The van der Waals surface area contributed by atoms with Gasteiger partial charge in [0, 0.05) is 18.2 Å². The van der Waals surface area contributed by atoms with Crippen LogP contribution in [-0.4, -0.2) is 34.6 Å². The van der Waals surface area contributed by atoms with E-state index in [2.05, 4.69) is 5.32 Å². The molecule has 3 N–H and O–H groups in total. The summed E-state index contributed by atoms with van der Waals surface area (Å²) in [6, 6.07) is 1.76. The van der Waals surface area contributed by atoms with Crippen LogP contribution in [0.1, 0.15) is 38.0 Å². The molecule has 0 fully saturated rings. The summed E-state index contributed by atoms with van der Waals surface area (Å²) in [5, 5.41) is 22.0. The molecule has 0 aliphatic rings. The van der Waals surface area contributed by atoms with Crippen molar-refractivity contribution in [2.75, 3.05) is 6.54 Å². The second-order valence-corrected chi connectivity index (χ2v) is 6.02. The zero-order valence-corrected chi connectivity index (χ0v) is 13.0. The fraction of sp³-hybridized carbons (Fsp3) is 0.533. The Morgan fingerprint density at radius 2 is 1.86 bits per heavy atom. The summed E-state index contributed by atoms with van der Waals surface area (Å²) in [7, 11) is 0. The highest BCUT2D eigenvalue weighted by Crippen LogP contribution is 2.23. The lowest BCUT2D eigenvalue weighted by molar-refractivity contribution is 0.0112. The number of amides is 1. The molecule has 124 valence electrons. The fourth-order valence-electron chi connectivity index (χ4n) is 1.73. The zero-order chi connectivity index (χ0) is 17.1. The number of carbonyl (C=O) groups is 1. The number of alkyl carbamates (subject to hydrolysis) is 1. The van der Waals surface area contributed by atoms with Gasteiger partial charge < -0.3 is 20.3 Å².